The van der Waals surface area contributed by atoms with Gasteiger partial charge in [-0.3, -0.25) is 4.79 Å². The van der Waals surface area contributed by atoms with Crippen molar-refractivity contribution in [1.29, 1.82) is 0 Å². The molecule has 1 saturated heterocycles. The predicted molar refractivity (Wildman–Crippen MR) is 73.4 cm³/mol. The highest BCUT2D eigenvalue weighted by Crippen LogP contribution is 2.22. The fraction of sp³-hybridized carbons (Fsp3) is 0.615. The minimum atomic E-state index is 0.106. The van der Waals surface area contributed by atoms with Gasteiger partial charge in [-0.15, -0.1) is 11.3 Å². The Morgan fingerprint density at radius 2 is 2.39 bits per heavy atom. The molecule has 0 radical (unpaired) electrons. The molecule has 1 aromatic rings. The maximum atomic E-state index is 12.4. The number of carbonyl (C=O) groups is 1. The summed E-state index contributed by atoms with van der Waals surface area (Å²) in [5.74, 6) is 0.139. The van der Waals surface area contributed by atoms with Gasteiger partial charge < -0.3 is 15.0 Å². The van der Waals surface area contributed by atoms with Crippen molar-refractivity contribution < 1.29 is 9.53 Å². The number of rotatable bonds is 3. The van der Waals surface area contributed by atoms with Gasteiger partial charge in [-0.05, 0) is 32.5 Å². The zero-order valence-corrected chi connectivity index (χ0v) is 12.0. The first-order valence-corrected chi connectivity index (χ1v) is 7.06. The molecule has 1 aliphatic rings. The maximum Gasteiger partial charge on any atom is 0.264 e. The topological polar surface area (TPSA) is 41.6 Å². The average Bonchev–Trinajstić information content (AvgIpc) is 2.69. The molecular weight excluding hydrogens is 248 g/mol. The summed E-state index contributed by atoms with van der Waals surface area (Å²) in [6.07, 6.45) is 0.106. The van der Waals surface area contributed by atoms with E-state index in [1.165, 1.54) is 10.4 Å². The van der Waals surface area contributed by atoms with Crippen LogP contribution in [-0.4, -0.2) is 50.2 Å². The van der Waals surface area contributed by atoms with Crippen LogP contribution in [-0.2, 0) is 4.74 Å². The first-order chi connectivity index (χ1) is 8.61. The molecule has 1 amide bonds. The van der Waals surface area contributed by atoms with Gasteiger partial charge in [-0.2, -0.15) is 0 Å². The second-order valence-corrected chi connectivity index (χ2v) is 5.91. The number of amides is 1. The van der Waals surface area contributed by atoms with E-state index in [0.29, 0.717) is 19.7 Å². The van der Waals surface area contributed by atoms with Crippen LogP contribution in [0.5, 0.6) is 0 Å². The molecule has 0 aromatic carbocycles. The molecule has 0 bridgehead atoms. The van der Waals surface area contributed by atoms with Crippen LogP contribution in [0.1, 0.15) is 20.1 Å². The first kappa shape index (κ1) is 13.5. The van der Waals surface area contributed by atoms with E-state index >= 15 is 0 Å². The predicted octanol–water partition coefficient (Wildman–Crippen LogP) is 1.43. The Kier molecular flexibility index (Phi) is 4.37. The monoisotopic (exact) mass is 268 g/mol. The number of ether oxygens (including phenoxy) is 1. The number of nitrogens with zero attached hydrogens (tertiary/aromatic N) is 1. The van der Waals surface area contributed by atoms with Crippen molar-refractivity contribution in [1.82, 2.24) is 10.2 Å². The van der Waals surface area contributed by atoms with Crippen LogP contribution >= 0.6 is 11.3 Å². The maximum absolute atomic E-state index is 12.4. The van der Waals surface area contributed by atoms with E-state index in [2.05, 4.69) is 12.2 Å². The molecule has 0 saturated carbocycles. The summed E-state index contributed by atoms with van der Waals surface area (Å²) in [7, 11) is 1.90. The van der Waals surface area contributed by atoms with E-state index in [4.69, 9.17) is 4.74 Å². The highest BCUT2D eigenvalue weighted by molar-refractivity contribution is 7.14. The van der Waals surface area contributed by atoms with Crippen LogP contribution in [0, 0.1) is 13.8 Å². The average molecular weight is 268 g/mol. The van der Waals surface area contributed by atoms with E-state index in [0.717, 1.165) is 11.4 Å². The van der Waals surface area contributed by atoms with Crippen LogP contribution in [0.2, 0.25) is 0 Å². The Morgan fingerprint density at radius 1 is 1.61 bits per heavy atom. The molecular formula is C13H20N2O2S. The number of morpholine rings is 1. The third-order valence-corrected chi connectivity index (χ3v) is 4.38. The number of hydrogen-bond acceptors (Lipinski definition) is 4. The largest absolute Gasteiger partial charge is 0.373 e. The molecule has 2 heterocycles. The highest BCUT2D eigenvalue weighted by atomic mass is 32.1. The molecule has 5 heteroatoms. The summed E-state index contributed by atoms with van der Waals surface area (Å²) in [6.45, 7) is 6.88. The summed E-state index contributed by atoms with van der Waals surface area (Å²) in [5.41, 5.74) is 1.20. The minimum absolute atomic E-state index is 0.106. The Bertz CT molecular complexity index is 409. The summed E-state index contributed by atoms with van der Waals surface area (Å²) in [6, 6.07) is 1.99. The third-order valence-electron chi connectivity index (χ3n) is 3.23. The molecule has 0 spiro atoms. The molecule has 100 valence electrons. The molecule has 1 N–H and O–H groups in total. The summed E-state index contributed by atoms with van der Waals surface area (Å²) >= 11 is 1.58. The van der Waals surface area contributed by atoms with E-state index in [1.807, 2.05) is 24.9 Å². The van der Waals surface area contributed by atoms with Crippen molar-refractivity contribution in [2.45, 2.75) is 20.0 Å². The standard InChI is InChI=1S/C13H20N2O2S/c1-9-6-12(18-10(9)2)13(16)15-4-5-17-11(8-15)7-14-3/h6,11,14H,4-5,7-8H2,1-3H3. The fourth-order valence-electron chi connectivity index (χ4n) is 2.09. The zero-order chi connectivity index (χ0) is 13.1. The number of nitrogens with one attached hydrogen (secondary N) is 1. The molecule has 1 aliphatic heterocycles. The minimum Gasteiger partial charge on any atom is -0.373 e. The summed E-state index contributed by atoms with van der Waals surface area (Å²) < 4.78 is 5.61. The van der Waals surface area contributed by atoms with E-state index in [1.54, 1.807) is 11.3 Å². The van der Waals surface area contributed by atoms with Crippen molar-refractivity contribution in [2.75, 3.05) is 33.3 Å². The van der Waals surface area contributed by atoms with Gasteiger partial charge >= 0.3 is 0 Å². The highest BCUT2D eigenvalue weighted by Gasteiger charge is 2.25. The number of likely N-dealkylation sites (N-methyl/N-ethyl adjacent to an activating group) is 1. The van der Waals surface area contributed by atoms with Gasteiger partial charge in [-0.25, -0.2) is 0 Å². The van der Waals surface area contributed by atoms with Crippen LogP contribution in [0.4, 0.5) is 0 Å². The van der Waals surface area contributed by atoms with E-state index in [-0.39, 0.29) is 12.0 Å². The van der Waals surface area contributed by atoms with Crippen molar-refractivity contribution in [3.8, 4) is 0 Å². The molecule has 4 nitrogen and oxygen atoms in total. The number of carbonyl (C=O) groups excluding carboxylic acids is 1. The quantitative estimate of drug-likeness (QED) is 0.901. The smallest absolute Gasteiger partial charge is 0.264 e. The van der Waals surface area contributed by atoms with E-state index in [9.17, 15) is 4.79 Å². The fourth-order valence-corrected chi connectivity index (χ4v) is 3.09. The van der Waals surface area contributed by atoms with Crippen LogP contribution in [0.15, 0.2) is 6.07 Å². The molecule has 1 atom stereocenters. The van der Waals surface area contributed by atoms with Gasteiger partial charge in [0.2, 0.25) is 0 Å². The number of aryl methyl sites for hydroxylation is 2. The van der Waals surface area contributed by atoms with Crippen molar-refractivity contribution in [3.63, 3.8) is 0 Å². The second-order valence-electron chi connectivity index (χ2n) is 4.65. The normalized spacial score (nSPS) is 20.2. The van der Waals surface area contributed by atoms with Crippen LogP contribution in [0.25, 0.3) is 0 Å². The van der Waals surface area contributed by atoms with Gasteiger partial charge in [0.1, 0.15) is 0 Å². The molecule has 1 aromatic heterocycles. The third kappa shape index (κ3) is 2.91. The second kappa shape index (κ2) is 5.82. The lowest BCUT2D eigenvalue weighted by atomic mass is 10.2. The van der Waals surface area contributed by atoms with Gasteiger partial charge in [0.15, 0.2) is 0 Å². The molecule has 0 aliphatic carbocycles. The Hall–Kier alpha value is -0.910. The lowest BCUT2D eigenvalue weighted by molar-refractivity contribution is -0.0194. The Morgan fingerprint density at radius 3 is 3.00 bits per heavy atom. The van der Waals surface area contributed by atoms with Crippen LogP contribution < -0.4 is 5.32 Å². The van der Waals surface area contributed by atoms with Crippen molar-refractivity contribution in [2.24, 2.45) is 0 Å². The van der Waals surface area contributed by atoms with Gasteiger partial charge in [0, 0.05) is 24.5 Å². The van der Waals surface area contributed by atoms with Gasteiger partial charge in [0.25, 0.3) is 5.91 Å². The number of thiophene rings is 1. The van der Waals surface area contributed by atoms with Gasteiger partial charge in [-0.1, -0.05) is 0 Å². The van der Waals surface area contributed by atoms with Crippen LogP contribution in [0.3, 0.4) is 0 Å². The summed E-state index contributed by atoms with van der Waals surface area (Å²) in [5, 5.41) is 3.09. The van der Waals surface area contributed by atoms with Gasteiger partial charge in [0.05, 0.1) is 17.6 Å². The molecule has 18 heavy (non-hydrogen) atoms. The molecule has 2 rings (SSSR count). The SMILES string of the molecule is CNCC1CN(C(=O)c2cc(C)c(C)s2)CCO1. The van der Waals surface area contributed by atoms with Crippen molar-refractivity contribution in [3.05, 3.63) is 21.4 Å². The Labute approximate surface area is 112 Å². The molecule has 1 unspecified atom stereocenters. The molecule has 1 fully saturated rings. The lowest BCUT2D eigenvalue weighted by Crippen LogP contribution is -2.48. The Balaban J connectivity index is 2.04. The zero-order valence-electron chi connectivity index (χ0n) is 11.2. The number of hydrogen-bond donors (Lipinski definition) is 1. The summed E-state index contributed by atoms with van der Waals surface area (Å²) in [4.78, 5) is 16.3. The first-order valence-electron chi connectivity index (χ1n) is 6.24. The van der Waals surface area contributed by atoms with E-state index < -0.39 is 0 Å². The van der Waals surface area contributed by atoms with Crippen molar-refractivity contribution >= 4 is 17.2 Å². The lowest BCUT2D eigenvalue weighted by Gasteiger charge is -2.32.